The van der Waals surface area contributed by atoms with E-state index in [1.54, 1.807) is 38.4 Å². The molecule has 0 spiro atoms. The minimum atomic E-state index is -0.572. The molecular weight excluding hydrogens is 427 g/mol. The molecule has 1 atom stereocenters. The number of carbonyl (C=O) groups excluding carboxylic acids is 1. The van der Waals surface area contributed by atoms with Crippen molar-refractivity contribution >= 4 is 29.0 Å². The number of halogens is 2. The van der Waals surface area contributed by atoms with Gasteiger partial charge in [0.1, 0.15) is 5.82 Å². The normalized spacial score (nSPS) is 12.1. The summed E-state index contributed by atoms with van der Waals surface area (Å²) in [6.07, 6.45) is 0. The molecule has 1 N–H and O–H groups in total. The average molecular weight is 449 g/mol. The van der Waals surface area contributed by atoms with E-state index in [1.807, 2.05) is 0 Å². The molecule has 164 valence electrons. The van der Waals surface area contributed by atoms with Crippen LogP contribution in [0.15, 0.2) is 24.3 Å². The van der Waals surface area contributed by atoms with Crippen molar-refractivity contribution in [2.24, 2.45) is 5.92 Å². The van der Waals surface area contributed by atoms with E-state index in [-0.39, 0.29) is 24.8 Å². The van der Waals surface area contributed by atoms with Crippen LogP contribution in [-0.4, -0.2) is 30.4 Å². The number of nitrogens with zero attached hydrogens (tertiary/aromatic N) is 5. The van der Waals surface area contributed by atoms with Crippen molar-refractivity contribution in [2.75, 3.05) is 5.32 Å². The molecule has 1 aromatic carbocycles. The second-order valence-electron chi connectivity index (χ2n) is 7.38. The van der Waals surface area contributed by atoms with Gasteiger partial charge in [-0.15, -0.1) is 0 Å². The molecule has 3 rings (SSSR count). The van der Waals surface area contributed by atoms with E-state index in [2.05, 4.69) is 15.5 Å². The van der Waals surface area contributed by atoms with E-state index >= 15 is 0 Å². The van der Waals surface area contributed by atoms with Crippen LogP contribution in [0.4, 0.5) is 15.9 Å². The lowest BCUT2D eigenvalue weighted by Gasteiger charge is -2.12. The van der Waals surface area contributed by atoms with Gasteiger partial charge in [0, 0.05) is 10.6 Å². The zero-order chi connectivity index (χ0) is 22.9. The lowest BCUT2D eigenvalue weighted by Crippen LogP contribution is -2.25. The van der Waals surface area contributed by atoms with E-state index in [9.17, 15) is 19.3 Å². The van der Waals surface area contributed by atoms with Gasteiger partial charge in [0.25, 0.3) is 0 Å². The number of amides is 1. The molecule has 1 amide bonds. The Morgan fingerprint density at radius 1 is 1.29 bits per heavy atom. The van der Waals surface area contributed by atoms with Crippen molar-refractivity contribution in [3.8, 4) is 0 Å². The van der Waals surface area contributed by atoms with Gasteiger partial charge in [-0.25, -0.2) is 4.39 Å². The highest BCUT2D eigenvalue weighted by atomic mass is 35.5. The van der Waals surface area contributed by atoms with Gasteiger partial charge in [0.05, 0.1) is 52.9 Å². The maximum atomic E-state index is 14.1. The van der Waals surface area contributed by atoms with Gasteiger partial charge >= 0.3 is 5.82 Å². The number of carbonyl (C=O) groups is 1. The van der Waals surface area contributed by atoms with Crippen LogP contribution in [0.25, 0.3) is 0 Å². The highest BCUT2D eigenvalue weighted by Gasteiger charge is 2.23. The number of hydrogen-bond acceptors (Lipinski definition) is 5. The molecule has 2 aromatic heterocycles. The van der Waals surface area contributed by atoms with Crippen LogP contribution in [0.3, 0.4) is 0 Å². The molecule has 0 saturated heterocycles. The molecule has 31 heavy (non-hydrogen) atoms. The van der Waals surface area contributed by atoms with E-state index in [0.29, 0.717) is 33.4 Å². The van der Waals surface area contributed by atoms with Gasteiger partial charge in [-0.05, 0) is 37.8 Å². The first kappa shape index (κ1) is 22.4. The Kier molecular flexibility index (Phi) is 6.40. The molecule has 1 unspecified atom stereocenters. The first-order valence-corrected chi connectivity index (χ1v) is 9.92. The Bertz CT molecular complexity index is 1140. The summed E-state index contributed by atoms with van der Waals surface area (Å²) in [7, 11) is 0. The second-order valence-corrected chi connectivity index (χ2v) is 7.78. The summed E-state index contributed by atoms with van der Waals surface area (Å²) < 4.78 is 17.2. The molecular formula is C20H22ClFN6O3. The third-order valence-corrected chi connectivity index (χ3v) is 5.40. The highest BCUT2D eigenvalue weighted by Crippen LogP contribution is 2.25. The molecule has 0 radical (unpaired) electrons. The fourth-order valence-electron chi connectivity index (χ4n) is 3.22. The Labute approximate surface area is 183 Å². The molecule has 3 aromatic rings. The fraction of sp³-hybridized carbons (Fsp3) is 0.350. The van der Waals surface area contributed by atoms with Gasteiger partial charge in [-0.2, -0.15) is 9.78 Å². The summed E-state index contributed by atoms with van der Waals surface area (Å²) in [5, 5.41) is 22.4. The van der Waals surface area contributed by atoms with Gasteiger partial charge in [0.15, 0.2) is 0 Å². The van der Waals surface area contributed by atoms with E-state index in [4.69, 9.17) is 11.6 Å². The first-order valence-electron chi connectivity index (χ1n) is 9.55. The number of nitro groups is 1. The molecule has 0 aliphatic heterocycles. The van der Waals surface area contributed by atoms with Crippen LogP contribution in [0.5, 0.6) is 0 Å². The minimum Gasteiger partial charge on any atom is -0.358 e. The Morgan fingerprint density at radius 2 is 2.00 bits per heavy atom. The molecule has 11 heteroatoms. The number of aromatic nitrogens is 4. The maximum absolute atomic E-state index is 14.1. The summed E-state index contributed by atoms with van der Waals surface area (Å²) in [6, 6.07) is 5.83. The molecule has 0 aliphatic carbocycles. The van der Waals surface area contributed by atoms with E-state index in [0.717, 1.165) is 0 Å². The zero-order valence-electron chi connectivity index (χ0n) is 17.5. The van der Waals surface area contributed by atoms with Crippen molar-refractivity contribution in [3.63, 3.8) is 0 Å². The number of hydrogen-bond donors (Lipinski definition) is 1. The lowest BCUT2D eigenvalue weighted by atomic mass is 10.1. The van der Waals surface area contributed by atoms with Gasteiger partial charge in [-0.1, -0.05) is 24.6 Å². The summed E-state index contributed by atoms with van der Waals surface area (Å²) in [6.45, 7) is 7.22. The maximum Gasteiger partial charge on any atom is 0.390 e. The van der Waals surface area contributed by atoms with E-state index in [1.165, 1.54) is 22.9 Å². The predicted octanol–water partition coefficient (Wildman–Crippen LogP) is 4.03. The van der Waals surface area contributed by atoms with Crippen molar-refractivity contribution < 1.29 is 14.1 Å². The SMILES string of the molecule is Cc1nn(Cc2c(F)cccc2Cl)c(C)c1NC(=O)C(C)Cn1nc([N+](=O)[O-])cc1C. The van der Waals surface area contributed by atoms with Gasteiger partial charge < -0.3 is 15.4 Å². The number of benzene rings is 1. The molecule has 0 fully saturated rings. The first-order chi connectivity index (χ1) is 14.6. The Morgan fingerprint density at radius 3 is 2.61 bits per heavy atom. The molecule has 0 aliphatic rings. The largest absolute Gasteiger partial charge is 0.390 e. The van der Waals surface area contributed by atoms with Crippen LogP contribution >= 0.6 is 11.6 Å². The Hall–Kier alpha value is -3.27. The third-order valence-electron chi connectivity index (χ3n) is 5.05. The van der Waals surface area contributed by atoms with Crippen LogP contribution < -0.4 is 5.32 Å². The molecule has 0 bridgehead atoms. The van der Waals surface area contributed by atoms with Crippen LogP contribution in [0.2, 0.25) is 5.02 Å². The standard InChI is InChI=1S/C20H22ClFN6O3/c1-11(9-26-12(2)8-18(25-26)28(30)31)20(29)23-19-13(3)24-27(14(19)4)10-15-16(21)6-5-7-17(15)22/h5-8,11H,9-10H2,1-4H3,(H,23,29). The summed E-state index contributed by atoms with van der Waals surface area (Å²) >= 11 is 6.11. The summed E-state index contributed by atoms with van der Waals surface area (Å²) in [4.78, 5) is 23.1. The molecule has 0 saturated carbocycles. The van der Waals surface area contributed by atoms with Crippen molar-refractivity contribution in [2.45, 2.75) is 40.8 Å². The van der Waals surface area contributed by atoms with Crippen molar-refractivity contribution in [1.82, 2.24) is 19.6 Å². The third kappa shape index (κ3) is 4.74. The number of nitrogens with one attached hydrogen (secondary N) is 1. The topological polar surface area (TPSA) is 108 Å². The summed E-state index contributed by atoms with van der Waals surface area (Å²) in [5.41, 5.74) is 2.68. The van der Waals surface area contributed by atoms with Crippen LogP contribution in [0, 0.1) is 42.6 Å². The highest BCUT2D eigenvalue weighted by molar-refractivity contribution is 6.31. The number of aryl methyl sites for hydroxylation is 2. The van der Waals surface area contributed by atoms with Crippen LogP contribution in [-0.2, 0) is 17.9 Å². The second kappa shape index (κ2) is 8.84. The zero-order valence-corrected chi connectivity index (χ0v) is 18.3. The smallest absolute Gasteiger partial charge is 0.358 e. The van der Waals surface area contributed by atoms with Gasteiger partial charge in [0.2, 0.25) is 5.91 Å². The van der Waals surface area contributed by atoms with E-state index < -0.39 is 16.7 Å². The molecule has 9 nitrogen and oxygen atoms in total. The number of rotatable bonds is 7. The van der Waals surface area contributed by atoms with Crippen LogP contribution in [0.1, 0.15) is 29.6 Å². The lowest BCUT2D eigenvalue weighted by molar-refractivity contribution is -0.389. The number of anilines is 1. The Balaban J connectivity index is 1.75. The van der Waals surface area contributed by atoms with Gasteiger partial charge in [-0.3, -0.25) is 9.48 Å². The average Bonchev–Trinajstić information content (AvgIpc) is 3.19. The fourth-order valence-corrected chi connectivity index (χ4v) is 3.44. The predicted molar refractivity (Wildman–Crippen MR) is 114 cm³/mol. The minimum absolute atomic E-state index is 0.125. The monoisotopic (exact) mass is 448 g/mol. The van der Waals surface area contributed by atoms with Crippen molar-refractivity contribution in [1.29, 1.82) is 0 Å². The quantitative estimate of drug-likeness (QED) is 0.433. The van der Waals surface area contributed by atoms with Crippen molar-refractivity contribution in [3.05, 3.63) is 67.9 Å². The molecule has 2 heterocycles. The summed E-state index contributed by atoms with van der Waals surface area (Å²) in [5.74, 6) is -1.48.